The summed E-state index contributed by atoms with van der Waals surface area (Å²) in [4.78, 5) is 13.3. The first-order chi connectivity index (χ1) is 12.2. The number of benzene rings is 1. The van der Waals surface area contributed by atoms with Gasteiger partial charge in [0.1, 0.15) is 0 Å². The van der Waals surface area contributed by atoms with Crippen LogP contribution in [0, 0.1) is 0 Å². The second-order valence-electron chi connectivity index (χ2n) is 5.62. The summed E-state index contributed by atoms with van der Waals surface area (Å²) in [5, 5.41) is 14.1. The lowest BCUT2D eigenvalue weighted by Gasteiger charge is -2.13. The SMILES string of the molecule is CC(NC(=O)NCCCSc1ccccc1)c1nnc2ccccn12. The summed E-state index contributed by atoms with van der Waals surface area (Å²) in [6.07, 6.45) is 2.80. The molecule has 0 saturated heterocycles. The van der Waals surface area contributed by atoms with Crippen LogP contribution in [-0.4, -0.2) is 32.9 Å². The van der Waals surface area contributed by atoms with Gasteiger partial charge in [-0.15, -0.1) is 22.0 Å². The highest BCUT2D eigenvalue weighted by Crippen LogP contribution is 2.17. The molecule has 1 atom stereocenters. The number of carbonyl (C=O) groups excluding carboxylic acids is 1. The molecule has 0 spiro atoms. The summed E-state index contributed by atoms with van der Waals surface area (Å²) in [5.74, 6) is 1.68. The van der Waals surface area contributed by atoms with Crippen LogP contribution in [0.4, 0.5) is 4.79 Å². The first-order valence-corrected chi connectivity index (χ1v) is 9.24. The Balaban J connectivity index is 1.40. The summed E-state index contributed by atoms with van der Waals surface area (Å²) in [7, 11) is 0. The maximum atomic E-state index is 12.0. The molecule has 2 heterocycles. The molecule has 1 aromatic carbocycles. The van der Waals surface area contributed by atoms with E-state index in [2.05, 4.69) is 33.0 Å². The highest BCUT2D eigenvalue weighted by molar-refractivity contribution is 7.99. The third kappa shape index (κ3) is 4.73. The molecule has 0 aliphatic carbocycles. The van der Waals surface area contributed by atoms with E-state index in [0.717, 1.165) is 17.8 Å². The molecule has 0 radical (unpaired) electrons. The lowest BCUT2D eigenvalue weighted by molar-refractivity contribution is 0.237. The van der Waals surface area contributed by atoms with E-state index < -0.39 is 0 Å². The van der Waals surface area contributed by atoms with Gasteiger partial charge < -0.3 is 10.6 Å². The topological polar surface area (TPSA) is 71.3 Å². The van der Waals surface area contributed by atoms with Crippen molar-refractivity contribution in [3.63, 3.8) is 0 Å². The Hall–Kier alpha value is -2.54. The van der Waals surface area contributed by atoms with E-state index in [4.69, 9.17) is 0 Å². The van der Waals surface area contributed by atoms with Crippen molar-refractivity contribution in [1.29, 1.82) is 0 Å². The molecule has 6 nitrogen and oxygen atoms in total. The third-order valence-electron chi connectivity index (χ3n) is 3.69. The zero-order chi connectivity index (χ0) is 17.5. The summed E-state index contributed by atoms with van der Waals surface area (Å²) in [5.41, 5.74) is 0.768. The Morgan fingerprint density at radius 3 is 2.80 bits per heavy atom. The summed E-state index contributed by atoms with van der Waals surface area (Å²) < 4.78 is 1.88. The maximum Gasteiger partial charge on any atom is 0.315 e. The Morgan fingerprint density at radius 2 is 1.96 bits per heavy atom. The zero-order valence-electron chi connectivity index (χ0n) is 14.1. The molecule has 2 aromatic heterocycles. The van der Waals surface area contributed by atoms with E-state index >= 15 is 0 Å². The molecule has 130 valence electrons. The number of amides is 2. The number of urea groups is 1. The fourth-order valence-electron chi connectivity index (χ4n) is 2.45. The highest BCUT2D eigenvalue weighted by atomic mass is 32.2. The number of nitrogens with zero attached hydrogens (tertiary/aromatic N) is 3. The van der Waals surface area contributed by atoms with Gasteiger partial charge in [0.05, 0.1) is 6.04 Å². The minimum absolute atomic E-state index is 0.190. The second kappa shape index (κ2) is 8.53. The molecule has 2 amide bonds. The molecular formula is C18H21N5OS. The number of thioether (sulfide) groups is 1. The third-order valence-corrected chi connectivity index (χ3v) is 4.79. The quantitative estimate of drug-likeness (QED) is 0.504. The predicted octanol–water partition coefficient (Wildman–Crippen LogP) is 3.27. The van der Waals surface area contributed by atoms with E-state index in [1.54, 1.807) is 11.8 Å². The van der Waals surface area contributed by atoms with E-state index in [1.807, 2.05) is 53.9 Å². The average Bonchev–Trinajstić information content (AvgIpc) is 3.06. The van der Waals surface area contributed by atoms with E-state index in [0.29, 0.717) is 12.4 Å². The first kappa shape index (κ1) is 17.3. The largest absolute Gasteiger partial charge is 0.338 e. The van der Waals surface area contributed by atoms with Gasteiger partial charge in [-0.2, -0.15) is 0 Å². The van der Waals surface area contributed by atoms with Crippen molar-refractivity contribution < 1.29 is 4.79 Å². The number of rotatable bonds is 7. The van der Waals surface area contributed by atoms with Crippen LogP contribution >= 0.6 is 11.8 Å². The molecule has 0 aliphatic rings. The minimum Gasteiger partial charge on any atom is -0.338 e. The van der Waals surface area contributed by atoms with Gasteiger partial charge >= 0.3 is 6.03 Å². The first-order valence-electron chi connectivity index (χ1n) is 8.26. The van der Waals surface area contributed by atoms with Crippen LogP contribution in [0.3, 0.4) is 0 Å². The number of hydrogen-bond donors (Lipinski definition) is 2. The molecule has 0 bridgehead atoms. The van der Waals surface area contributed by atoms with E-state index in [-0.39, 0.29) is 12.1 Å². The Kier molecular flexibility index (Phi) is 5.90. The fraction of sp³-hybridized carbons (Fsp3) is 0.278. The maximum absolute atomic E-state index is 12.0. The van der Waals surface area contributed by atoms with Gasteiger partial charge in [-0.3, -0.25) is 4.40 Å². The van der Waals surface area contributed by atoms with E-state index in [9.17, 15) is 4.79 Å². The monoisotopic (exact) mass is 355 g/mol. The lowest BCUT2D eigenvalue weighted by atomic mass is 10.3. The molecule has 3 aromatic rings. The van der Waals surface area contributed by atoms with Gasteiger partial charge in [0.15, 0.2) is 11.5 Å². The average molecular weight is 355 g/mol. The van der Waals surface area contributed by atoms with Gasteiger partial charge in [-0.1, -0.05) is 24.3 Å². The number of nitrogens with one attached hydrogen (secondary N) is 2. The number of fused-ring (bicyclic) bond motifs is 1. The van der Waals surface area contributed by atoms with Gasteiger partial charge in [0.2, 0.25) is 0 Å². The minimum atomic E-state index is -0.226. The van der Waals surface area contributed by atoms with Crippen molar-refractivity contribution in [2.24, 2.45) is 0 Å². The van der Waals surface area contributed by atoms with Gasteiger partial charge in [0, 0.05) is 17.6 Å². The van der Waals surface area contributed by atoms with Crippen LogP contribution in [-0.2, 0) is 0 Å². The van der Waals surface area contributed by atoms with Crippen molar-refractivity contribution in [2.45, 2.75) is 24.3 Å². The number of pyridine rings is 1. The highest BCUT2D eigenvalue weighted by Gasteiger charge is 2.15. The van der Waals surface area contributed by atoms with Crippen LogP contribution in [0.25, 0.3) is 5.65 Å². The molecule has 3 rings (SSSR count). The van der Waals surface area contributed by atoms with Crippen molar-refractivity contribution in [3.05, 3.63) is 60.6 Å². The summed E-state index contributed by atoms with van der Waals surface area (Å²) in [6, 6.07) is 15.5. The molecule has 25 heavy (non-hydrogen) atoms. The summed E-state index contributed by atoms with van der Waals surface area (Å²) >= 11 is 1.79. The van der Waals surface area contributed by atoms with Crippen LogP contribution in [0.15, 0.2) is 59.6 Å². The molecule has 1 unspecified atom stereocenters. The Labute approximate surface area is 151 Å². The fourth-order valence-corrected chi connectivity index (χ4v) is 3.32. The van der Waals surface area contributed by atoms with Crippen molar-refractivity contribution in [2.75, 3.05) is 12.3 Å². The van der Waals surface area contributed by atoms with Crippen LogP contribution in [0.2, 0.25) is 0 Å². The van der Waals surface area contributed by atoms with Crippen molar-refractivity contribution in [3.8, 4) is 0 Å². The predicted molar refractivity (Wildman–Crippen MR) is 99.7 cm³/mol. The van der Waals surface area contributed by atoms with Crippen LogP contribution < -0.4 is 10.6 Å². The van der Waals surface area contributed by atoms with Crippen molar-refractivity contribution in [1.82, 2.24) is 25.2 Å². The number of hydrogen-bond acceptors (Lipinski definition) is 4. The van der Waals surface area contributed by atoms with Crippen molar-refractivity contribution >= 4 is 23.4 Å². The smallest absolute Gasteiger partial charge is 0.315 e. The molecule has 7 heteroatoms. The van der Waals surface area contributed by atoms with Gasteiger partial charge in [0.25, 0.3) is 0 Å². The zero-order valence-corrected chi connectivity index (χ0v) is 14.9. The van der Waals surface area contributed by atoms with Gasteiger partial charge in [-0.25, -0.2) is 4.79 Å². The van der Waals surface area contributed by atoms with E-state index in [1.165, 1.54) is 4.90 Å². The summed E-state index contributed by atoms with van der Waals surface area (Å²) in [6.45, 7) is 2.53. The molecular weight excluding hydrogens is 334 g/mol. The standard InChI is InChI=1S/C18H21N5OS/c1-14(17-22-21-16-10-5-6-12-23(16)17)20-18(24)19-11-7-13-25-15-8-3-2-4-9-15/h2-6,8-10,12,14H,7,11,13H2,1H3,(H2,19,20,24). The normalized spacial score (nSPS) is 12.0. The number of aromatic nitrogens is 3. The Bertz CT molecular complexity index is 820. The lowest BCUT2D eigenvalue weighted by Crippen LogP contribution is -2.38. The van der Waals surface area contributed by atoms with Gasteiger partial charge in [-0.05, 0) is 43.4 Å². The van der Waals surface area contributed by atoms with Crippen LogP contribution in [0.5, 0.6) is 0 Å². The number of carbonyl (C=O) groups is 1. The second-order valence-corrected chi connectivity index (χ2v) is 6.79. The molecule has 0 saturated carbocycles. The Morgan fingerprint density at radius 1 is 1.16 bits per heavy atom. The molecule has 0 fully saturated rings. The molecule has 2 N–H and O–H groups in total. The molecule has 0 aliphatic heterocycles. The van der Waals surface area contributed by atoms with Crippen LogP contribution in [0.1, 0.15) is 25.2 Å².